The molecule has 1 atom stereocenters. The number of hydrogen-bond donors (Lipinski definition) is 1. The molecule has 10 heteroatoms. The Morgan fingerprint density at radius 1 is 0.907 bits per heavy atom. The second-order valence-corrected chi connectivity index (χ2v) is 12.9. The summed E-state index contributed by atoms with van der Waals surface area (Å²) in [7, 11) is -1.34. The zero-order chi connectivity index (χ0) is 31.1. The van der Waals surface area contributed by atoms with Gasteiger partial charge in [-0.2, -0.15) is 0 Å². The second-order valence-electron chi connectivity index (χ2n) is 11.0. The molecule has 0 bridgehead atoms. The second kappa shape index (κ2) is 13.9. The molecule has 0 aromatic heterocycles. The highest BCUT2D eigenvalue weighted by molar-refractivity contribution is 7.92. The highest BCUT2D eigenvalue weighted by Gasteiger charge is 2.34. The third-order valence-corrected chi connectivity index (χ3v) is 9.66. The van der Waals surface area contributed by atoms with Crippen LogP contribution in [-0.2, 0) is 26.2 Å². The lowest BCUT2D eigenvalue weighted by molar-refractivity contribution is -0.139. The molecule has 0 saturated heterocycles. The summed E-state index contributed by atoms with van der Waals surface area (Å²) < 4.78 is 40.3. The lowest BCUT2D eigenvalue weighted by Gasteiger charge is -2.33. The molecule has 4 rings (SSSR count). The monoisotopic (exact) mass is 607 g/mol. The summed E-state index contributed by atoms with van der Waals surface area (Å²) in [5.74, 6) is -0.149. The predicted molar refractivity (Wildman–Crippen MR) is 167 cm³/mol. The number of hydrogen-bond acceptors (Lipinski definition) is 6. The molecule has 3 aromatic carbocycles. The number of carbonyl (C=O) groups excluding carboxylic acids is 2. The van der Waals surface area contributed by atoms with Crippen LogP contribution in [0.5, 0.6) is 11.5 Å². The van der Waals surface area contributed by atoms with Gasteiger partial charge in [-0.25, -0.2) is 8.42 Å². The van der Waals surface area contributed by atoms with Gasteiger partial charge in [-0.1, -0.05) is 60.4 Å². The molecule has 0 spiro atoms. The number of methoxy groups -OCH3 is 2. The molecular formula is C33H41N3O6S. The van der Waals surface area contributed by atoms with Crippen molar-refractivity contribution in [2.75, 3.05) is 25.1 Å². The van der Waals surface area contributed by atoms with Gasteiger partial charge >= 0.3 is 0 Å². The number of aryl methyl sites for hydroxylation is 2. The fraction of sp³-hybridized carbons (Fsp3) is 0.394. The topological polar surface area (TPSA) is 105 Å². The normalized spacial score (nSPS) is 14.2. The molecule has 1 fully saturated rings. The van der Waals surface area contributed by atoms with Crippen LogP contribution in [0.25, 0.3) is 0 Å². The molecule has 43 heavy (non-hydrogen) atoms. The SMILES string of the molecule is COc1ccc(OC)c(N(CC(=O)N(Cc2ccc(C)cc2)[C@H](C)C(=O)NC2CCCC2)S(=O)(=O)c2ccc(C)cc2)c1. The van der Waals surface area contributed by atoms with Crippen LogP contribution < -0.4 is 19.1 Å². The number of benzene rings is 3. The Morgan fingerprint density at radius 3 is 2.09 bits per heavy atom. The van der Waals surface area contributed by atoms with Crippen LogP contribution >= 0.6 is 0 Å². The molecule has 1 N–H and O–H groups in total. The highest BCUT2D eigenvalue weighted by Crippen LogP contribution is 2.36. The van der Waals surface area contributed by atoms with Crippen molar-refractivity contribution in [2.24, 2.45) is 0 Å². The molecular weight excluding hydrogens is 566 g/mol. The molecule has 1 saturated carbocycles. The maximum absolute atomic E-state index is 14.2. The summed E-state index contributed by atoms with van der Waals surface area (Å²) in [5.41, 5.74) is 2.93. The summed E-state index contributed by atoms with van der Waals surface area (Å²) in [6.07, 6.45) is 3.92. The zero-order valence-electron chi connectivity index (χ0n) is 25.5. The van der Waals surface area contributed by atoms with E-state index in [2.05, 4.69) is 5.32 Å². The van der Waals surface area contributed by atoms with Gasteiger partial charge in [0.05, 0.1) is 24.8 Å². The minimum absolute atomic E-state index is 0.0212. The lowest BCUT2D eigenvalue weighted by atomic mass is 10.1. The molecule has 230 valence electrons. The molecule has 0 aliphatic heterocycles. The van der Waals surface area contributed by atoms with E-state index in [1.165, 1.54) is 37.3 Å². The summed E-state index contributed by atoms with van der Waals surface area (Å²) in [5, 5.41) is 3.09. The average Bonchev–Trinajstić information content (AvgIpc) is 3.52. The van der Waals surface area contributed by atoms with E-state index in [0.29, 0.717) is 5.75 Å². The molecule has 0 radical (unpaired) electrons. The minimum atomic E-state index is -4.25. The fourth-order valence-corrected chi connectivity index (χ4v) is 6.62. The van der Waals surface area contributed by atoms with Crippen molar-refractivity contribution in [3.8, 4) is 11.5 Å². The van der Waals surface area contributed by atoms with E-state index in [4.69, 9.17) is 9.47 Å². The molecule has 1 aliphatic rings. The first kappa shape index (κ1) is 31.9. The summed E-state index contributed by atoms with van der Waals surface area (Å²) >= 11 is 0. The maximum Gasteiger partial charge on any atom is 0.264 e. The number of nitrogens with one attached hydrogen (secondary N) is 1. The number of nitrogens with zero attached hydrogens (tertiary/aromatic N) is 2. The highest BCUT2D eigenvalue weighted by atomic mass is 32.2. The number of sulfonamides is 1. The molecule has 9 nitrogen and oxygen atoms in total. The molecule has 3 aromatic rings. The van der Waals surface area contributed by atoms with Crippen LogP contribution in [0.3, 0.4) is 0 Å². The van der Waals surface area contributed by atoms with Crippen LogP contribution in [-0.4, -0.2) is 58.0 Å². The third-order valence-electron chi connectivity index (χ3n) is 7.88. The first-order chi connectivity index (χ1) is 20.5. The van der Waals surface area contributed by atoms with Crippen molar-refractivity contribution < 1.29 is 27.5 Å². The van der Waals surface area contributed by atoms with Gasteiger partial charge in [0.1, 0.15) is 24.1 Å². The van der Waals surface area contributed by atoms with Crippen molar-refractivity contribution in [2.45, 2.75) is 70.0 Å². The molecule has 0 unspecified atom stereocenters. The predicted octanol–water partition coefficient (Wildman–Crippen LogP) is 4.99. The van der Waals surface area contributed by atoms with E-state index < -0.39 is 28.5 Å². The Kier molecular flexibility index (Phi) is 10.3. The van der Waals surface area contributed by atoms with E-state index >= 15 is 0 Å². The lowest BCUT2D eigenvalue weighted by Crippen LogP contribution is -2.52. The van der Waals surface area contributed by atoms with Gasteiger partial charge in [-0.3, -0.25) is 13.9 Å². The van der Waals surface area contributed by atoms with Gasteiger partial charge in [-0.05, 0) is 63.4 Å². The van der Waals surface area contributed by atoms with Crippen molar-refractivity contribution in [3.63, 3.8) is 0 Å². The Morgan fingerprint density at radius 2 is 1.51 bits per heavy atom. The maximum atomic E-state index is 14.2. The van der Waals surface area contributed by atoms with E-state index in [9.17, 15) is 18.0 Å². The van der Waals surface area contributed by atoms with Crippen molar-refractivity contribution in [1.29, 1.82) is 0 Å². The molecule has 2 amide bonds. The summed E-state index contributed by atoms with van der Waals surface area (Å²) in [6.45, 7) is 5.09. The standard InChI is InChI=1S/C33H41N3O6S/c1-23-10-14-26(15-11-23)21-35(25(3)33(38)34-27-8-6-7-9-27)32(37)22-36(30-20-28(41-4)16-19-31(30)42-5)43(39,40)29-17-12-24(2)13-18-29/h10-20,25,27H,6-9,21-22H2,1-5H3,(H,34,38)/t25-/m1/s1. The van der Waals surface area contributed by atoms with Crippen LogP contribution in [0.2, 0.25) is 0 Å². The summed E-state index contributed by atoms with van der Waals surface area (Å²) in [6, 6.07) is 18.1. The van der Waals surface area contributed by atoms with Gasteiger partial charge in [0.25, 0.3) is 10.0 Å². The largest absolute Gasteiger partial charge is 0.497 e. The van der Waals surface area contributed by atoms with Crippen molar-refractivity contribution >= 4 is 27.5 Å². The number of carbonyl (C=O) groups is 2. The third kappa shape index (κ3) is 7.67. The first-order valence-electron chi connectivity index (χ1n) is 14.5. The van der Waals surface area contributed by atoms with E-state index in [-0.39, 0.29) is 34.8 Å². The van der Waals surface area contributed by atoms with E-state index in [0.717, 1.165) is 46.7 Å². The van der Waals surface area contributed by atoms with Gasteiger partial charge in [0.2, 0.25) is 11.8 Å². The molecule has 1 aliphatic carbocycles. The average molecular weight is 608 g/mol. The van der Waals surface area contributed by atoms with Gasteiger partial charge in [0.15, 0.2) is 0 Å². The first-order valence-corrected chi connectivity index (χ1v) is 15.9. The zero-order valence-corrected chi connectivity index (χ0v) is 26.3. The quantitative estimate of drug-likeness (QED) is 0.311. The fourth-order valence-electron chi connectivity index (χ4n) is 5.21. The van der Waals surface area contributed by atoms with Crippen molar-refractivity contribution in [1.82, 2.24) is 10.2 Å². The van der Waals surface area contributed by atoms with Gasteiger partial charge in [-0.15, -0.1) is 0 Å². The molecule has 0 heterocycles. The Hall–Kier alpha value is -4.05. The van der Waals surface area contributed by atoms with Crippen LogP contribution in [0, 0.1) is 13.8 Å². The smallest absolute Gasteiger partial charge is 0.264 e. The Bertz CT molecular complexity index is 1520. The number of anilines is 1. The van der Waals surface area contributed by atoms with Gasteiger partial charge in [0, 0.05) is 18.7 Å². The van der Waals surface area contributed by atoms with Crippen LogP contribution in [0.1, 0.15) is 49.3 Å². The van der Waals surface area contributed by atoms with Crippen LogP contribution in [0.15, 0.2) is 71.6 Å². The van der Waals surface area contributed by atoms with Crippen LogP contribution in [0.4, 0.5) is 5.69 Å². The number of rotatable bonds is 12. The Balaban J connectivity index is 1.75. The minimum Gasteiger partial charge on any atom is -0.497 e. The van der Waals surface area contributed by atoms with Crippen molar-refractivity contribution in [3.05, 3.63) is 83.4 Å². The number of amides is 2. The van der Waals surface area contributed by atoms with Gasteiger partial charge < -0.3 is 19.7 Å². The summed E-state index contributed by atoms with van der Waals surface area (Å²) in [4.78, 5) is 29.1. The number of ether oxygens (including phenoxy) is 2. The van der Waals surface area contributed by atoms with E-state index in [1.54, 1.807) is 31.2 Å². The Labute approximate surface area is 254 Å². The van der Waals surface area contributed by atoms with E-state index in [1.807, 2.05) is 38.1 Å².